The van der Waals surface area contributed by atoms with Gasteiger partial charge in [0.1, 0.15) is 16.6 Å². The molecule has 1 atom stereocenters. The summed E-state index contributed by atoms with van der Waals surface area (Å²) in [5.41, 5.74) is 6.10. The van der Waals surface area contributed by atoms with Gasteiger partial charge in [-0.25, -0.2) is 0 Å². The molecule has 1 unspecified atom stereocenters. The van der Waals surface area contributed by atoms with Gasteiger partial charge in [0.05, 0.1) is 12.6 Å². The number of nitrogen functional groups attached to an aromatic ring is 1. The Bertz CT molecular complexity index is 385. The summed E-state index contributed by atoms with van der Waals surface area (Å²) in [6.07, 6.45) is 0. The Morgan fingerprint density at radius 3 is 2.88 bits per heavy atom. The highest BCUT2D eigenvalue weighted by atomic mass is 32.1. The largest absolute Gasteiger partial charge is 0.383 e. The molecule has 0 saturated heterocycles. The molecule has 0 radical (unpaired) electrons. The third kappa shape index (κ3) is 2.43. The van der Waals surface area contributed by atoms with Crippen LogP contribution in [0.3, 0.4) is 0 Å². The van der Waals surface area contributed by atoms with Gasteiger partial charge in [0.15, 0.2) is 5.82 Å². The zero-order valence-corrected chi connectivity index (χ0v) is 10.5. The van der Waals surface area contributed by atoms with Crippen LogP contribution in [0, 0.1) is 11.3 Å². The number of hydrogen-bond acceptors (Lipinski definition) is 6. The number of nitrogens with zero attached hydrogens (tertiary/aromatic N) is 3. The molecule has 0 aliphatic rings. The quantitative estimate of drug-likeness (QED) is 0.843. The molecule has 0 bridgehead atoms. The lowest BCUT2D eigenvalue weighted by atomic mass is 10.2. The van der Waals surface area contributed by atoms with Crippen LogP contribution in [0.4, 0.5) is 10.8 Å². The summed E-state index contributed by atoms with van der Waals surface area (Å²) in [6.45, 7) is 5.48. The van der Waals surface area contributed by atoms with Crippen LogP contribution >= 0.6 is 11.5 Å². The molecule has 0 amide bonds. The van der Waals surface area contributed by atoms with Gasteiger partial charge in [0.25, 0.3) is 0 Å². The zero-order valence-electron chi connectivity index (χ0n) is 9.73. The minimum Gasteiger partial charge on any atom is -0.383 e. The van der Waals surface area contributed by atoms with E-state index in [-0.39, 0.29) is 6.04 Å². The molecule has 88 valence electrons. The third-order valence-corrected chi connectivity index (χ3v) is 3.25. The normalized spacial score (nSPS) is 12.1. The van der Waals surface area contributed by atoms with E-state index in [1.165, 1.54) is 11.5 Å². The number of aromatic nitrogens is 1. The van der Waals surface area contributed by atoms with Crippen molar-refractivity contribution in [3.63, 3.8) is 0 Å². The number of methoxy groups -OCH3 is 1. The fraction of sp³-hybridized carbons (Fsp3) is 0.600. The van der Waals surface area contributed by atoms with Gasteiger partial charge in [-0.15, -0.1) is 0 Å². The van der Waals surface area contributed by atoms with E-state index in [0.717, 1.165) is 11.5 Å². The van der Waals surface area contributed by atoms with Crippen LogP contribution in [0.15, 0.2) is 0 Å². The predicted octanol–water partition coefficient (Wildman–Crippen LogP) is 1.46. The molecule has 0 aromatic carbocycles. The second-order valence-corrected chi connectivity index (χ2v) is 4.20. The van der Waals surface area contributed by atoms with Crippen molar-refractivity contribution in [1.82, 2.24) is 4.37 Å². The first kappa shape index (κ1) is 12.7. The standard InChI is InChI=1S/C10H16N4OS/c1-4-14(7(2)6-15-3)10-8(5-11)9(12)13-16-10/h7H,4,6H2,1-3H3,(H2,12,13). The van der Waals surface area contributed by atoms with Gasteiger partial charge >= 0.3 is 0 Å². The molecule has 1 aromatic rings. The van der Waals surface area contributed by atoms with Gasteiger partial charge in [-0.3, -0.25) is 0 Å². The average Bonchev–Trinajstić information content (AvgIpc) is 2.61. The average molecular weight is 240 g/mol. The summed E-state index contributed by atoms with van der Waals surface area (Å²) in [7, 11) is 1.66. The van der Waals surface area contributed by atoms with E-state index in [9.17, 15) is 0 Å². The van der Waals surface area contributed by atoms with Crippen LogP contribution in [-0.2, 0) is 4.74 Å². The summed E-state index contributed by atoms with van der Waals surface area (Å²) in [5, 5.41) is 9.85. The molecule has 0 spiro atoms. The highest BCUT2D eigenvalue weighted by Crippen LogP contribution is 2.30. The third-order valence-electron chi connectivity index (χ3n) is 2.35. The number of nitriles is 1. The van der Waals surface area contributed by atoms with Crippen molar-refractivity contribution in [2.45, 2.75) is 19.9 Å². The van der Waals surface area contributed by atoms with Crippen LogP contribution in [0.5, 0.6) is 0 Å². The van der Waals surface area contributed by atoms with E-state index in [0.29, 0.717) is 18.0 Å². The first-order valence-corrected chi connectivity index (χ1v) is 5.83. The highest BCUT2D eigenvalue weighted by Gasteiger charge is 2.20. The first-order valence-electron chi connectivity index (χ1n) is 5.06. The van der Waals surface area contributed by atoms with Crippen molar-refractivity contribution in [3.05, 3.63) is 5.56 Å². The molecular formula is C10H16N4OS. The summed E-state index contributed by atoms with van der Waals surface area (Å²) < 4.78 is 9.13. The summed E-state index contributed by atoms with van der Waals surface area (Å²) >= 11 is 1.26. The van der Waals surface area contributed by atoms with Gasteiger partial charge in [-0.2, -0.15) is 9.64 Å². The minimum atomic E-state index is 0.196. The van der Waals surface area contributed by atoms with Crippen molar-refractivity contribution in [2.24, 2.45) is 0 Å². The maximum absolute atomic E-state index is 9.02. The van der Waals surface area contributed by atoms with E-state index >= 15 is 0 Å². The molecule has 1 rings (SSSR count). The molecule has 2 N–H and O–H groups in total. The van der Waals surface area contributed by atoms with E-state index in [2.05, 4.69) is 15.3 Å². The van der Waals surface area contributed by atoms with Gasteiger partial charge in [0.2, 0.25) is 0 Å². The van der Waals surface area contributed by atoms with Crippen LogP contribution in [0.2, 0.25) is 0 Å². The second-order valence-electron chi connectivity index (χ2n) is 3.45. The Kier molecular flexibility index (Phi) is 4.52. The van der Waals surface area contributed by atoms with Gasteiger partial charge in [0, 0.05) is 13.7 Å². The molecule has 1 aromatic heterocycles. The zero-order chi connectivity index (χ0) is 12.1. The van der Waals surface area contributed by atoms with Crippen LogP contribution in [0.25, 0.3) is 0 Å². The molecular weight excluding hydrogens is 224 g/mol. The van der Waals surface area contributed by atoms with Crippen LogP contribution in [0.1, 0.15) is 19.4 Å². The Balaban J connectivity index is 3.00. The van der Waals surface area contributed by atoms with Gasteiger partial charge in [-0.05, 0) is 25.4 Å². The van der Waals surface area contributed by atoms with E-state index in [1.807, 2.05) is 13.8 Å². The molecule has 0 aliphatic carbocycles. The Hall–Kier alpha value is -1.32. The van der Waals surface area contributed by atoms with Gasteiger partial charge in [-0.1, -0.05) is 0 Å². The molecule has 1 heterocycles. The number of rotatable bonds is 5. The number of ether oxygens (including phenoxy) is 1. The summed E-state index contributed by atoms with van der Waals surface area (Å²) in [5.74, 6) is 0.311. The first-order chi connectivity index (χ1) is 7.65. The molecule has 0 aliphatic heterocycles. The van der Waals surface area contributed by atoms with Crippen molar-refractivity contribution in [1.29, 1.82) is 5.26 Å². The van der Waals surface area contributed by atoms with E-state index < -0.39 is 0 Å². The fourth-order valence-electron chi connectivity index (χ4n) is 1.58. The highest BCUT2D eigenvalue weighted by molar-refractivity contribution is 7.10. The Morgan fingerprint density at radius 1 is 1.69 bits per heavy atom. The fourth-order valence-corrected chi connectivity index (χ4v) is 2.51. The predicted molar refractivity (Wildman–Crippen MR) is 65.6 cm³/mol. The Morgan fingerprint density at radius 2 is 2.38 bits per heavy atom. The number of likely N-dealkylation sites (N-methyl/N-ethyl adjacent to an activating group) is 1. The van der Waals surface area contributed by atoms with Crippen LogP contribution < -0.4 is 10.6 Å². The monoisotopic (exact) mass is 240 g/mol. The molecule has 0 fully saturated rings. The maximum atomic E-state index is 9.02. The van der Waals surface area contributed by atoms with Crippen molar-refractivity contribution < 1.29 is 4.74 Å². The lowest BCUT2D eigenvalue weighted by molar-refractivity contribution is 0.182. The maximum Gasteiger partial charge on any atom is 0.157 e. The topological polar surface area (TPSA) is 75.2 Å². The van der Waals surface area contributed by atoms with E-state index in [4.69, 9.17) is 15.7 Å². The smallest absolute Gasteiger partial charge is 0.157 e. The van der Waals surface area contributed by atoms with E-state index in [1.54, 1.807) is 7.11 Å². The van der Waals surface area contributed by atoms with Crippen molar-refractivity contribution in [2.75, 3.05) is 30.9 Å². The molecule has 6 heteroatoms. The molecule has 5 nitrogen and oxygen atoms in total. The summed E-state index contributed by atoms with van der Waals surface area (Å²) in [6, 6.07) is 2.29. The number of nitrogens with two attached hydrogens (primary N) is 1. The lowest BCUT2D eigenvalue weighted by Crippen LogP contribution is -2.36. The molecule has 0 saturated carbocycles. The SMILES string of the molecule is CCN(c1snc(N)c1C#N)C(C)COC. The minimum absolute atomic E-state index is 0.196. The summed E-state index contributed by atoms with van der Waals surface area (Å²) in [4.78, 5) is 2.08. The van der Waals surface area contributed by atoms with Crippen molar-refractivity contribution >= 4 is 22.4 Å². The van der Waals surface area contributed by atoms with Crippen molar-refractivity contribution in [3.8, 4) is 6.07 Å². The van der Waals surface area contributed by atoms with Gasteiger partial charge < -0.3 is 15.4 Å². The molecule has 16 heavy (non-hydrogen) atoms. The number of hydrogen-bond donors (Lipinski definition) is 1. The second kappa shape index (κ2) is 5.68. The lowest BCUT2D eigenvalue weighted by Gasteiger charge is -2.27. The van der Waals surface area contributed by atoms with Crippen LogP contribution in [-0.4, -0.2) is 30.7 Å². The Labute approximate surface area is 99.6 Å². The number of anilines is 2.